The second-order valence-electron chi connectivity index (χ2n) is 11.6. The fourth-order valence-corrected chi connectivity index (χ4v) is 7.33. The molecule has 0 aliphatic carbocycles. The number of hydrogen-bond acceptors (Lipinski definition) is 7. The van der Waals surface area contributed by atoms with Crippen molar-refractivity contribution in [2.24, 2.45) is 5.73 Å². The van der Waals surface area contributed by atoms with Crippen LogP contribution in [0.2, 0.25) is 0 Å². The number of sulfonamides is 1. The maximum absolute atomic E-state index is 13.9. The van der Waals surface area contributed by atoms with Crippen molar-refractivity contribution in [3.8, 4) is 0 Å². The molecule has 2 saturated heterocycles. The highest BCUT2D eigenvalue weighted by Gasteiger charge is 2.28. The Balaban J connectivity index is 0.000000285. The maximum atomic E-state index is 13.9. The SMILES string of the molecule is C[C@@H]1CCC[C@H](C)N1C[C@@H](O)CN.C[C@@H]1CCC[C@H](C)N1C[C@@H](O)CNS(=O)(=O)c1ccc(F)c2ccccc12. The molecule has 2 aromatic rings. The molecule has 0 spiro atoms. The van der Waals surface area contributed by atoms with Crippen LogP contribution in [0.15, 0.2) is 41.3 Å². The van der Waals surface area contributed by atoms with Crippen LogP contribution in [0.4, 0.5) is 4.39 Å². The molecule has 2 fully saturated rings. The Morgan fingerprint density at radius 1 is 0.850 bits per heavy atom. The summed E-state index contributed by atoms with van der Waals surface area (Å²) in [6.45, 7) is 10.2. The van der Waals surface area contributed by atoms with Gasteiger partial charge >= 0.3 is 0 Å². The lowest BCUT2D eigenvalue weighted by Gasteiger charge is -2.40. The second-order valence-corrected chi connectivity index (χ2v) is 13.4. The van der Waals surface area contributed by atoms with E-state index in [1.54, 1.807) is 24.3 Å². The van der Waals surface area contributed by atoms with Gasteiger partial charge in [0.1, 0.15) is 5.82 Å². The fraction of sp³-hybridized carbons (Fsp3) is 0.667. The number of halogens is 1. The van der Waals surface area contributed by atoms with Crippen LogP contribution in [0.25, 0.3) is 10.8 Å². The van der Waals surface area contributed by atoms with E-state index in [0.717, 1.165) is 25.5 Å². The molecule has 10 heteroatoms. The number of aliphatic hydroxyl groups is 2. The van der Waals surface area contributed by atoms with Gasteiger partial charge in [-0.3, -0.25) is 9.80 Å². The van der Waals surface area contributed by atoms with E-state index in [4.69, 9.17) is 5.73 Å². The average Bonchev–Trinajstić information content (AvgIpc) is 2.92. The summed E-state index contributed by atoms with van der Waals surface area (Å²) >= 11 is 0. The van der Waals surface area contributed by atoms with Gasteiger partial charge in [0.2, 0.25) is 10.0 Å². The van der Waals surface area contributed by atoms with E-state index >= 15 is 0 Å². The molecule has 2 aliphatic rings. The molecule has 40 heavy (non-hydrogen) atoms. The summed E-state index contributed by atoms with van der Waals surface area (Å²) in [5.41, 5.74) is 5.40. The van der Waals surface area contributed by atoms with E-state index in [-0.39, 0.29) is 22.9 Å². The summed E-state index contributed by atoms with van der Waals surface area (Å²) in [6, 6.07) is 10.9. The largest absolute Gasteiger partial charge is 0.390 e. The molecule has 6 atom stereocenters. The Kier molecular flexibility index (Phi) is 12.3. The Bertz CT molecular complexity index is 1160. The molecule has 2 aromatic carbocycles. The smallest absolute Gasteiger partial charge is 0.241 e. The Hall–Kier alpha value is -1.66. The summed E-state index contributed by atoms with van der Waals surface area (Å²) in [5, 5.41) is 20.4. The first-order chi connectivity index (χ1) is 18.9. The second kappa shape index (κ2) is 15.0. The standard InChI is InChI=1S/C20H27FN2O3S.C10H22N2O/c1-14-6-5-7-15(2)23(14)13-16(24)12-22-27(25,26)20-11-10-19(21)17-8-3-4-9-18(17)20;1-8-4-3-5-9(2)12(8)7-10(13)6-11/h3-4,8-11,14-16,22,24H,5-7,12-13H2,1-2H3;8-10,13H,3-7,11H2,1-2H3/t14-,15+,16-;8-,9+,10-/m00/s1. The summed E-state index contributed by atoms with van der Waals surface area (Å²) in [4.78, 5) is 4.63. The number of β-amino-alcohol motifs (C(OH)–C–C–N with tert-alkyl or cyclic N) is 2. The van der Waals surface area contributed by atoms with Crippen LogP contribution in [0.1, 0.15) is 66.2 Å². The van der Waals surface area contributed by atoms with E-state index < -0.39 is 21.9 Å². The molecule has 0 aromatic heterocycles. The predicted molar refractivity (Wildman–Crippen MR) is 159 cm³/mol. The number of nitrogens with two attached hydrogens (primary N) is 1. The van der Waals surface area contributed by atoms with Gasteiger partial charge in [0, 0.05) is 61.1 Å². The Labute approximate surface area is 239 Å². The zero-order chi connectivity index (χ0) is 29.4. The van der Waals surface area contributed by atoms with Crippen molar-refractivity contribution < 1.29 is 23.0 Å². The first-order valence-corrected chi connectivity index (χ1v) is 16.2. The maximum Gasteiger partial charge on any atom is 0.241 e. The number of piperidine rings is 2. The number of hydrogen-bond donors (Lipinski definition) is 4. The molecule has 4 rings (SSSR count). The van der Waals surface area contributed by atoms with Crippen molar-refractivity contribution in [1.82, 2.24) is 14.5 Å². The molecule has 0 radical (unpaired) electrons. The fourth-order valence-electron chi connectivity index (χ4n) is 6.05. The van der Waals surface area contributed by atoms with Crippen LogP contribution >= 0.6 is 0 Å². The molecule has 2 aliphatic heterocycles. The molecule has 2 heterocycles. The molecular formula is C30H49FN4O4S. The molecule has 8 nitrogen and oxygen atoms in total. The van der Waals surface area contributed by atoms with Crippen molar-refractivity contribution in [2.75, 3.05) is 26.2 Å². The number of benzene rings is 2. The first kappa shape index (κ1) is 32.8. The lowest BCUT2D eigenvalue weighted by Crippen LogP contribution is -2.49. The molecule has 0 amide bonds. The third-order valence-electron chi connectivity index (χ3n) is 8.50. The molecule has 0 bridgehead atoms. The lowest BCUT2D eigenvalue weighted by molar-refractivity contribution is 0.0438. The van der Waals surface area contributed by atoms with Gasteiger partial charge < -0.3 is 15.9 Å². The monoisotopic (exact) mass is 580 g/mol. The third kappa shape index (κ3) is 8.67. The number of nitrogens with zero attached hydrogens (tertiary/aromatic N) is 2. The predicted octanol–water partition coefficient (Wildman–Crippen LogP) is 3.45. The average molecular weight is 581 g/mol. The summed E-state index contributed by atoms with van der Waals surface area (Å²) in [5.74, 6) is -0.461. The minimum atomic E-state index is -3.86. The normalized spacial score (nSPS) is 26.2. The molecular weight excluding hydrogens is 531 g/mol. The van der Waals surface area contributed by atoms with E-state index in [9.17, 15) is 23.0 Å². The van der Waals surface area contributed by atoms with Crippen LogP contribution in [0.5, 0.6) is 0 Å². The minimum Gasteiger partial charge on any atom is -0.390 e. The van der Waals surface area contributed by atoms with Crippen LogP contribution < -0.4 is 10.5 Å². The Morgan fingerprint density at radius 2 is 1.32 bits per heavy atom. The van der Waals surface area contributed by atoms with E-state index in [1.807, 2.05) is 0 Å². The van der Waals surface area contributed by atoms with Gasteiger partial charge in [-0.1, -0.05) is 37.1 Å². The van der Waals surface area contributed by atoms with Crippen LogP contribution in [-0.4, -0.2) is 91.0 Å². The highest BCUT2D eigenvalue weighted by Crippen LogP contribution is 2.26. The van der Waals surface area contributed by atoms with Crippen molar-refractivity contribution in [1.29, 1.82) is 0 Å². The number of rotatable bonds is 9. The van der Waals surface area contributed by atoms with Crippen molar-refractivity contribution in [2.45, 2.75) is 107 Å². The highest BCUT2D eigenvalue weighted by molar-refractivity contribution is 7.89. The van der Waals surface area contributed by atoms with Crippen LogP contribution in [0, 0.1) is 5.82 Å². The number of aliphatic hydroxyl groups excluding tert-OH is 2. The van der Waals surface area contributed by atoms with E-state index in [0.29, 0.717) is 42.6 Å². The molecule has 226 valence electrons. The Morgan fingerprint density at radius 3 is 1.82 bits per heavy atom. The van der Waals surface area contributed by atoms with Gasteiger partial charge in [0.25, 0.3) is 0 Å². The first-order valence-electron chi connectivity index (χ1n) is 14.7. The third-order valence-corrected chi connectivity index (χ3v) is 9.98. The molecule has 5 N–H and O–H groups in total. The molecule has 0 unspecified atom stereocenters. The zero-order valence-corrected chi connectivity index (χ0v) is 25.3. The topological polar surface area (TPSA) is 119 Å². The molecule has 0 saturated carbocycles. The van der Waals surface area contributed by atoms with Crippen LogP contribution in [-0.2, 0) is 10.0 Å². The van der Waals surface area contributed by atoms with Gasteiger partial charge in [-0.15, -0.1) is 0 Å². The van der Waals surface area contributed by atoms with Gasteiger partial charge in [0.05, 0.1) is 17.1 Å². The van der Waals surface area contributed by atoms with Crippen LogP contribution in [0.3, 0.4) is 0 Å². The quantitative estimate of drug-likeness (QED) is 0.359. The summed E-state index contributed by atoms with van der Waals surface area (Å²) in [7, 11) is -3.86. The summed E-state index contributed by atoms with van der Waals surface area (Å²) < 4.78 is 41.9. The lowest BCUT2D eigenvalue weighted by atomic mass is 9.97. The van der Waals surface area contributed by atoms with Gasteiger partial charge in [-0.05, 0) is 65.5 Å². The zero-order valence-electron chi connectivity index (χ0n) is 24.5. The number of likely N-dealkylation sites (tertiary alicyclic amines) is 2. The van der Waals surface area contributed by atoms with E-state index in [2.05, 4.69) is 42.2 Å². The summed E-state index contributed by atoms with van der Waals surface area (Å²) in [6.07, 6.45) is 6.01. The minimum absolute atomic E-state index is 0.0198. The van der Waals surface area contributed by atoms with Crippen molar-refractivity contribution in [3.63, 3.8) is 0 Å². The number of nitrogens with one attached hydrogen (secondary N) is 1. The van der Waals surface area contributed by atoms with Crippen molar-refractivity contribution >= 4 is 20.8 Å². The van der Waals surface area contributed by atoms with Gasteiger partial charge in [0.15, 0.2) is 0 Å². The van der Waals surface area contributed by atoms with Crippen molar-refractivity contribution in [3.05, 3.63) is 42.2 Å². The van der Waals surface area contributed by atoms with Gasteiger partial charge in [-0.25, -0.2) is 17.5 Å². The highest BCUT2D eigenvalue weighted by atomic mass is 32.2. The number of fused-ring (bicyclic) bond motifs is 1. The van der Waals surface area contributed by atoms with Gasteiger partial charge in [-0.2, -0.15) is 0 Å². The van der Waals surface area contributed by atoms with E-state index in [1.165, 1.54) is 31.7 Å².